The summed E-state index contributed by atoms with van der Waals surface area (Å²) in [6.45, 7) is 6.53. The van der Waals surface area contributed by atoms with Crippen molar-refractivity contribution in [3.63, 3.8) is 0 Å². The van der Waals surface area contributed by atoms with Crippen LogP contribution < -0.4 is 0 Å². The summed E-state index contributed by atoms with van der Waals surface area (Å²) in [7, 11) is 0. The van der Waals surface area contributed by atoms with E-state index >= 15 is 0 Å². The van der Waals surface area contributed by atoms with Crippen molar-refractivity contribution < 1.29 is 28.6 Å². The maximum Gasteiger partial charge on any atom is 0.306 e. The summed E-state index contributed by atoms with van der Waals surface area (Å²) < 4.78 is 16.9. The highest BCUT2D eigenvalue weighted by Gasteiger charge is 2.19. The van der Waals surface area contributed by atoms with Gasteiger partial charge in [-0.05, 0) is 70.6 Å². The second kappa shape index (κ2) is 62.4. The molecule has 0 saturated heterocycles. The van der Waals surface area contributed by atoms with Gasteiger partial charge in [0.2, 0.25) is 0 Å². The summed E-state index contributed by atoms with van der Waals surface area (Å²) in [4.78, 5) is 38.1. The van der Waals surface area contributed by atoms with Crippen LogP contribution in [0.25, 0.3) is 0 Å². The third-order valence-corrected chi connectivity index (χ3v) is 14.0. The smallest absolute Gasteiger partial charge is 0.306 e. The Balaban J connectivity index is 4.20. The van der Waals surface area contributed by atoms with Gasteiger partial charge in [0.1, 0.15) is 13.2 Å². The Labute approximate surface area is 459 Å². The molecule has 0 heterocycles. The number of allylic oxidation sites excluding steroid dienone is 12. The minimum atomic E-state index is -0.778. The van der Waals surface area contributed by atoms with Crippen LogP contribution in [0, 0.1) is 0 Å². The summed E-state index contributed by atoms with van der Waals surface area (Å²) in [5.74, 6) is -0.881. The lowest BCUT2D eigenvalue weighted by molar-refractivity contribution is -0.167. The molecule has 0 bridgehead atoms. The minimum Gasteiger partial charge on any atom is -0.462 e. The number of esters is 3. The van der Waals surface area contributed by atoms with Gasteiger partial charge in [0.15, 0.2) is 6.10 Å². The predicted molar refractivity (Wildman–Crippen MR) is 321 cm³/mol. The van der Waals surface area contributed by atoms with E-state index in [1.807, 2.05) is 0 Å². The molecule has 0 N–H and O–H groups in total. The molecule has 0 aromatic rings. The highest BCUT2D eigenvalue weighted by atomic mass is 16.6. The molecule has 0 aromatic heterocycles. The molecule has 1 unspecified atom stereocenters. The number of carbonyl (C=O) groups excluding carboxylic acids is 3. The first kappa shape index (κ1) is 70.8. The zero-order chi connectivity index (χ0) is 53.6. The van der Waals surface area contributed by atoms with E-state index in [1.54, 1.807) is 0 Å². The van der Waals surface area contributed by atoms with E-state index in [2.05, 4.69) is 93.7 Å². The fourth-order valence-electron chi connectivity index (χ4n) is 9.21. The Hall–Kier alpha value is -3.15. The maximum absolute atomic E-state index is 12.9. The van der Waals surface area contributed by atoms with Crippen molar-refractivity contribution in [1.82, 2.24) is 0 Å². The summed E-state index contributed by atoms with van der Waals surface area (Å²) in [5.41, 5.74) is 0. The molecule has 0 spiro atoms. The molecule has 0 fully saturated rings. The van der Waals surface area contributed by atoms with Crippen LogP contribution in [0.15, 0.2) is 72.9 Å². The molecule has 0 aliphatic carbocycles. The van der Waals surface area contributed by atoms with E-state index in [0.29, 0.717) is 19.3 Å². The SMILES string of the molecule is CC/C=C\C/C=C\C/C=C\C/C=C\C/C=C\C/C=C\CCCCCCCCC(=O)OCC(COC(=O)CCCCCCCCCC)OC(=O)CCCCCCCCCCCCCCCCCCCCCCCCC. The molecule has 428 valence electrons. The lowest BCUT2D eigenvalue weighted by atomic mass is 10.0. The molecule has 0 aliphatic rings. The van der Waals surface area contributed by atoms with Crippen LogP contribution in [0.4, 0.5) is 0 Å². The molecule has 0 aromatic carbocycles. The van der Waals surface area contributed by atoms with Crippen molar-refractivity contribution in [2.24, 2.45) is 0 Å². The summed E-state index contributed by atoms with van der Waals surface area (Å²) in [6, 6.07) is 0. The average molecular weight is 1030 g/mol. The van der Waals surface area contributed by atoms with Gasteiger partial charge in [0.25, 0.3) is 0 Å². The molecular formula is C68H120O6. The van der Waals surface area contributed by atoms with Crippen LogP contribution in [-0.2, 0) is 28.6 Å². The van der Waals surface area contributed by atoms with Crippen molar-refractivity contribution >= 4 is 17.9 Å². The maximum atomic E-state index is 12.9. The fourth-order valence-corrected chi connectivity index (χ4v) is 9.21. The molecular weight excluding hydrogens is 913 g/mol. The first-order valence-corrected chi connectivity index (χ1v) is 31.9. The van der Waals surface area contributed by atoms with Gasteiger partial charge >= 0.3 is 17.9 Å². The number of carbonyl (C=O) groups is 3. The lowest BCUT2D eigenvalue weighted by Gasteiger charge is -2.18. The van der Waals surface area contributed by atoms with Gasteiger partial charge < -0.3 is 14.2 Å². The Morgan fingerprint density at radius 1 is 0.284 bits per heavy atom. The van der Waals surface area contributed by atoms with E-state index in [9.17, 15) is 14.4 Å². The zero-order valence-corrected chi connectivity index (χ0v) is 49.1. The summed E-state index contributed by atoms with van der Waals surface area (Å²) >= 11 is 0. The van der Waals surface area contributed by atoms with Crippen LogP contribution >= 0.6 is 0 Å². The Kier molecular flexibility index (Phi) is 59.7. The minimum absolute atomic E-state index is 0.0765. The second-order valence-corrected chi connectivity index (χ2v) is 21.3. The molecule has 0 rings (SSSR count). The fraction of sp³-hybridized carbons (Fsp3) is 0.779. The van der Waals surface area contributed by atoms with Crippen LogP contribution in [0.3, 0.4) is 0 Å². The number of rotatable bonds is 58. The molecule has 0 amide bonds. The quantitative estimate of drug-likeness (QED) is 0.0261. The van der Waals surface area contributed by atoms with Crippen LogP contribution in [-0.4, -0.2) is 37.2 Å². The highest BCUT2D eigenvalue weighted by molar-refractivity contribution is 5.71. The summed E-state index contributed by atoms with van der Waals surface area (Å²) in [6.07, 6.45) is 80.7. The van der Waals surface area contributed by atoms with Crippen LogP contribution in [0.5, 0.6) is 0 Å². The highest BCUT2D eigenvalue weighted by Crippen LogP contribution is 2.17. The second-order valence-electron chi connectivity index (χ2n) is 21.3. The monoisotopic (exact) mass is 1030 g/mol. The molecule has 0 radical (unpaired) electrons. The average Bonchev–Trinajstić information content (AvgIpc) is 3.40. The van der Waals surface area contributed by atoms with Crippen molar-refractivity contribution in [2.75, 3.05) is 13.2 Å². The Bertz CT molecular complexity index is 1370. The molecule has 6 heteroatoms. The van der Waals surface area contributed by atoms with Crippen molar-refractivity contribution in [3.8, 4) is 0 Å². The first-order chi connectivity index (χ1) is 36.5. The van der Waals surface area contributed by atoms with Gasteiger partial charge in [-0.15, -0.1) is 0 Å². The molecule has 74 heavy (non-hydrogen) atoms. The molecule has 0 aliphatic heterocycles. The first-order valence-electron chi connectivity index (χ1n) is 31.9. The molecule has 0 saturated carbocycles. The Morgan fingerprint density at radius 2 is 0.527 bits per heavy atom. The van der Waals surface area contributed by atoms with Crippen molar-refractivity contribution in [2.45, 2.75) is 329 Å². The largest absolute Gasteiger partial charge is 0.462 e. The number of hydrogen-bond acceptors (Lipinski definition) is 6. The van der Waals surface area contributed by atoms with E-state index in [0.717, 1.165) is 103 Å². The Morgan fingerprint density at radius 3 is 0.824 bits per heavy atom. The van der Waals surface area contributed by atoms with E-state index in [1.165, 1.54) is 180 Å². The standard InChI is InChI=1S/C68H120O6/c1-4-7-10-13-16-19-21-23-25-27-29-31-33-34-36-37-39-41-43-45-47-49-52-55-58-61-67(70)73-64-65(63-72-66(69)60-57-54-51-18-15-12-9-6-3)74-68(71)62-59-56-53-50-48-46-44-42-40-38-35-32-30-28-26-24-22-20-17-14-11-8-5-2/h7,10,16,19,23,25,29,31,34,36,39,41,65H,4-6,8-9,11-15,17-18,20-22,24,26-28,30,32-33,35,37-38,40,42-64H2,1-3H3/b10-7-,19-16-,25-23-,31-29-,36-34-,41-39-. The van der Waals surface area contributed by atoms with Gasteiger partial charge in [0.05, 0.1) is 0 Å². The van der Waals surface area contributed by atoms with Crippen molar-refractivity contribution in [1.29, 1.82) is 0 Å². The topological polar surface area (TPSA) is 78.9 Å². The van der Waals surface area contributed by atoms with E-state index in [4.69, 9.17) is 14.2 Å². The van der Waals surface area contributed by atoms with Crippen LogP contribution in [0.2, 0.25) is 0 Å². The number of unbranched alkanes of at least 4 members (excludes halogenated alkanes) is 35. The molecule has 6 nitrogen and oxygen atoms in total. The molecule has 1 atom stereocenters. The zero-order valence-electron chi connectivity index (χ0n) is 49.1. The van der Waals surface area contributed by atoms with Gasteiger partial charge in [-0.25, -0.2) is 0 Å². The van der Waals surface area contributed by atoms with Gasteiger partial charge in [-0.2, -0.15) is 0 Å². The summed E-state index contributed by atoms with van der Waals surface area (Å²) in [5, 5.41) is 0. The van der Waals surface area contributed by atoms with Gasteiger partial charge in [-0.3, -0.25) is 14.4 Å². The number of hydrogen-bond donors (Lipinski definition) is 0. The number of ether oxygens (including phenoxy) is 3. The van der Waals surface area contributed by atoms with E-state index < -0.39 is 6.10 Å². The normalized spacial score (nSPS) is 12.5. The van der Waals surface area contributed by atoms with Gasteiger partial charge in [0, 0.05) is 19.3 Å². The third-order valence-electron chi connectivity index (χ3n) is 14.0. The van der Waals surface area contributed by atoms with E-state index in [-0.39, 0.29) is 31.1 Å². The lowest BCUT2D eigenvalue weighted by Crippen LogP contribution is -2.30. The third kappa shape index (κ3) is 59.7. The predicted octanol–water partition coefficient (Wildman–Crippen LogP) is 21.7. The van der Waals surface area contributed by atoms with Crippen LogP contribution in [0.1, 0.15) is 323 Å². The van der Waals surface area contributed by atoms with Gasteiger partial charge in [-0.1, -0.05) is 306 Å². The van der Waals surface area contributed by atoms with Crippen molar-refractivity contribution in [3.05, 3.63) is 72.9 Å².